The summed E-state index contributed by atoms with van der Waals surface area (Å²) in [7, 11) is 0. The van der Waals surface area contributed by atoms with Crippen LogP contribution in [-0.2, 0) is 6.42 Å². The van der Waals surface area contributed by atoms with Crippen LogP contribution in [0.2, 0.25) is 0 Å². The molecule has 1 unspecified atom stereocenters. The molecular formula is C16H17FO. The third kappa shape index (κ3) is 2.44. The molecule has 0 heterocycles. The zero-order chi connectivity index (χ0) is 13.1. The summed E-state index contributed by atoms with van der Waals surface area (Å²) in [4.78, 5) is 0. The lowest BCUT2D eigenvalue weighted by atomic mass is 9.95. The monoisotopic (exact) mass is 244 g/mol. The first-order chi connectivity index (χ1) is 8.63. The molecule has 2 aromatic carbocycles. The summed E-state index contributed by atoms with van der Waals surface area (Å²) in [5, 5.41) is 10.4. The van der Waals surface area contributed by atoms with Crippen molar-refractivity contribution in [1.82, 2.24) is 0 Å². The summed E-state index contributed by atoms with van der Waals surface area (Å²) >= 11 is 0. The number of benzene rings is 2. The molecule has 0 aliphatic rings. The van der Waals surface area contributed by atoms with Crippen LogP contribution in [0.4, 0.5) is 4.39 Å². The molecule has 0 aliphatic carbocycles. The molecule has 1 N–H and O–H groups in total. The van der Waals surface area contributed by atoms with E-state index in [2.05, 4.69) is 6.92 Å². The molecule has 0 fully saturated rings. The van der Waals surface area contributed by atoms with Crippen LogP contribution in [0.1, 0.15) is 35.3 Å². The fourth-order valence-corrected chi connectivity index (χ4v) is 2.14. The Morgan fingerprint density at radius 2 is 1.89 bits per heavy atom. The van der Waals surface area contributed by atoms with Gasteiger partial charge < -0.3 is 5.11 Å². The molecule has 2 aromatic rings. The van der Waals surface area contributed by atoms with Gasteiger partial charge in [0.1, 0.15) is 11.9 Å². The number of aryl methyl sites for hydroxylation is 2. The van der Waals surface area contributed by atoms with E-state index < -0.39 is 6.10 Å². The van der Waals surface area contributed by atoms with E-state index in [0.717, 1.165) is 23.1 Å². The van der Waals surface area contributed by atoms with Crippen molar-refractivity contribution in [3.05, 3.63) is 70.5 Å². The standard InChI is InChI=1S/C16H17FO/c1-3-12-6-4-5-7-14(12)16(18)13-8-9-15(17)11(2)10-13/h4-10,16,18H,3H2,1-2H3. The second-order valence-electron chi connectivity index (χ2n) is 4.46. The van der Waals surface area contributed by atoms with Gasteiger partial charge in [0.15, 0.2) is 0 Å². The van der Waals surface area contributed by atoms with E-state index in [4.69, 9.17) is 0 Å². The minimum absolute atomic E-state index is 0.241. The van der Waals surface area contributed by atoms with Crippen LogP contribution in [0, 0.1) is 12.7 Å². The van der Waals surface area contributed by atoms with Gasteiger partial charge in [0.2, 0.25) is 0 Å². The van der Waals surface area contributed by atoms with Crippen molar-refractivity contribution in [2.45, 2.75) is 26.4 Å². The van der Waals surface area contributed by atoms with Crippen molar-refractivity contribution >= 4 is 0 Å². The first-order valence-electron chi connectivity index (χ1n) is 6.15. The van der Waals surface area contributed by atoms with Gasteiger partial charge in [-0.3, -0.25) is 0 Å². The van der Waals surface area contributed by atoms with E-state index in [1.54, 1.807) is 19.1 Å². The lowest BCUT2D eigenvalue weighted by Crippen LogP contribution is -2.04. The molecular weight excluding hydrogens is 227 g/mol. The van der Waals surface area contributed by atoms with E-state index in [1.165, 1.54) is 6.07 Å². The Morgan fingerprint density at radius 3 is 2.56 bits per heavy atom. The van der Waals surface area contributed by atoms with Crippen LogP contribution < -0.4 is 0 Å². The Balaban J connectivity index is 2.41. The maximum atomic E-state index is 13.2. The van der Waals surface area contributed by atoms with Crippen molar-refractivity contribution in [3.8, 4) is 0 Å². The zero-order valence-corrected chi connectivity index (χ0v) is 10.7. The molecule has 2 rings (SSSR count). The third-order valence-corrected chi connectivity index (χ3v) is 3.23. The predicted octanol–water partition coefficient (Wildman–Crippen LogP) is 3.78. The average molecular weight is 244 g/mol. The van der Waals surface area contributed by atoms with Gasteiger partial charge in [0.05, 0.1) is 0 Å². The Hall–Kier alpha value is -1.67. The minimum Gasteiger partial charge on any atom is -0.384 e. The average Bonchev–Trinajstić information content (AvgIpc) is 2.41. The van der Waals surface area contributed by atoms with Crippen molar-refractivity contribution in [2.24, 2.45) is 0 Å². The quantitative estimate of drug-likeness (QED) is 0.871. The second kappa shape index (κ2) is 5.32. The van der Waals surface area contributed by atoms with Gasteiger partial charge in [-0.05, 0) is 41.7 Å². The van der Waals surface area contributed by atoms with Crippen LogP contribution in [0.3, 0.4) is 0 Å². The van der Waals surface area contributed by atoms with Crippen molar-refractivity contribution in [1.29, 1.82) is 0 Å². The summed E-state index contributed by atoms with van der Waals surface area (Å²) in [6.07, 6.45) is 0.174. The molecule has 0 spiro atoms. The molecule has 0 aliphatic heterocycles. The molecule has 0 bridgehead atoms. The molecule has 94 valence electrons. The van der Waals surface area contributed by atoms with Gasteiger partial charge in [-0.25, -0.2) is 4.39 Å². The summed E-state index contributed by atoms with van der Waals surface area (Å²) in [5.74, 6) is -0.241. The Morgan fingerprint density at radius 1 is 1.17 bits per heavy atom. The van der Waals surface area contributed by atoms with Gasteiger partial charge in [-0.2, -0.15) is 0 Å². The highest BCUT2D eigenvalue weighted by molar-refractivity contribution is 5.37. The number of aliphatic hydroxyl groups excluding tert-OH is 1. The van der Waals surface area contributed by atoms with E-state index in [-0.39, 0.29) is 5.82 Å². The van der Waals surface area contributed by atoms with E-state index >= 15 is 0 Å². The largest absolute Gasteiger partial charge is 0.384 e. The molecule has 1 nitrogen and oxygen atoms in total. The van der Waals surface area contributed by atoms with Gasteiger partial charge in [-0.1, -0.05) is 43.3 Å². The van der Waals surface area contributed by atoms with Gasteiger partial charge in [0, 0.05) is 0 Å². The molecule has 2 heteroatoms. The Bertz CT molecular complexity index is 549. The normalized spacial score (nSPS) is 12.4. The molecule has 0 saturated carbocycles. The lowest BCUT2D eigenvalue weighted by Gasteiger charge is -2.16. The minimum atomic E-state index is -0.694. The first kappa shape index (κ1) is 12.8. The fraction of sp³-hybridized carbons (Fsp3) is 0.250. The molecule has 0 radical (unpaired) electrons. The molecule has 0 amide bonds. The van der Waals surface area contributed by atoms with Crippen molar-refractivity contribution < 1.29 is 9.50 Å². The van der Waals surface area contributed by atoms with Crippen LogP contribution >= 0.6 is 0 Å². The first-order valence-corrected chi connectivity index (χ1v) is 6.15. The third-order valence-electron chi connectivity index (χ3n) is 3.23. The van der Waals surface area contributed by atoms with E-state index in [9.17, 15) is 9.50 Å². The summed E-state index contributed by atoms with van der Waals surface area (Å²) < 4.78 is 13.2. The smallest absolute Gasteiger partial charge is 0.126 e. The highest BCUT2D eigenvalue weighted by atomic mass is 19.1. The van der Waals surface area contributed by atoms with Gasteiger partial charge in [-0.15, -0.1) is 0 Å². The number of halogens is 1. The lowest BCUT2D eigenvalue weighted by molar-refractivity contribution is 0.219. The van der Waals surface area contributed by atoms with Crippen molar-refractivity contribution in [3.63, 3.8) is 0 Å². The van der Waals surface area contributed by atoms with Crippen LogP contribution in [0.5, 0.6) is 0 Å². The predicted molar refractivity (Wildman–Crippen MR) is 71.0 cm³/mol. The van der Waals surface area contributed by atoms with Crippen molar-refractivity contribution in [2.75, 3.05) is 0 Å². The van der Waals surface area contributed by atoms with Crippen LogP contribution in [0.15, 0.2) is 42.5 Å². The molecule has 18 heavy (non-hydrogen) atoms. The molecule has 0 saturated heterocycles. The Kier molecular flexibility index (Phi) is 3.78. The maximum Gasteiger partial charge on any atom is 0.126 e. The molecule has 0 aromatic heterocycles. The highest BCUT2D eigenvalue weighted by Crippen LogP contribution is 2.26. The number of hydrogen-bond acceptors (Lipinski definition) is 1. The van der Waals surface area contributed by atoms with Gasteiger partial charge in [0.25, 0.3) is 0 Å². The van der Waals surface area contributed by atoms with Crippen LogP contribution in [0.25, 0.3) is 0 Å². The zero-order valence-electron chi connectivity index (χ0n) is 10.7. The van der Waals surface area contributed by atoms with E-state index in [0.29, 0.717) is 5.56 Å². The van der Waals surface area contributed by atoms with Gasteiger partial charge >= 0.3 is 0 Å². The van der Waals surface area contributed by atoms with Crippen LogP contribution in [-0.4, -0.2) is 5.11 Å². The summed E-state index contributed by atoms with van der Waals surface area (Å²) in [6, 6.07) is 12.5. The SMILES string of the molecule is CCc1ccccc1C(O)c1ccc(F)c(C)c1. The number of hydrogen-bond donors (Lipinski definition) is 1. The topological polar surface area (TPSA) is 20.2 Å². The number of aliphatic hydroxyl groups is 1. The maximum absolute atomic E-state index is 13.2. The highest BCUT2D eigenvalue weighted by Gasteiger charge is 2.14. The second-order valence-corrected chi connectivity index (χ2v) is 4.46. The fourth-order valence-electron chi connectivity index (χ4n) is 2.14. The summed E-state index contributed by atoms with van der Waals surface area (Å²) in [6.45, 7) is 3.76. The number of rotatable bonds is 3. The summed E-state index contributed by atoms with van der Waals surface area (Å²) in [5.41, 5.74) is 3.30. The van der Waals surface area contributed by atoms with E-state index in [1.807, 2.05) is 24.3 Å². The molecule has 1 atom stereocenters. The Labute approximate surface area is 107 Å².